The second-order valence-corrected chi connectivity index (χ2v) is 5.26. The predicted octanol–water partition coefficient (Wildman–Crippen LogP) is 3.01. The van der Waals surface area contributed by atoms with Gasteiger partial charge in [-0.1, -0.05) is 18.5 Å². The molecule has 96 valence electrons. The van der Waals surface area contributed by atoms with Crippen LogP contribution in [0.5, 0.6) is 0 Å². The summed E-state index contributed by atoms with van der Waals surface area (Å²) >= 11 is 6.36. The largest absolute Gasteiger partial charge is 0.308 e. The molecule has 1 saturated carbocycles. The zero-order chi connectivity index (χ0) is 12.4. The van der Waals surface area contributed by atoms with Gasteiger partial charge in [-0.05, 0) is 39.0 Å². The molecule has 1 aliphatic rings. The molecule has 0 radical (unpaired) electrons. The van der Waals surface area contributed by atoms with E-state index in [1.807, 2.05) is 4.68 Å². The van der Waals surface area contributed by atoms with Gasteiger partial charge in [-0.2, -0.15) is 5.10 Å². The molecule has 1 atom stereocenters. The van der Waals surface area contributed by atoms with Gasteiger partial charge in [-0.15, -0.1) is 0 Å². The molecule has 0 amide bonds. The standard InChI is InChI=1S/C13H22ClN3/c1-4-11-13(14)12(17(5-2)16-11)8-15-9(3)10-6-7-10/h9-10,15H,4-8H2,1-3H3. The molecule has 2 rings (SSSR count). The van der Waals surface area contributed by atoms with E-state index < -0.39 is 0 Å². The summed E-state index contributed by atoms with van der Waals surface area (Å²) < 4.78 is 2.02. The third-order valence-corrected chi connectivity index (χ3v) is 4.05. The fourth-order valence-corrected chi connectivity index (χ4v) is 2.54. The van der Waals surface area contributed by atoms with E-state index in [9.17, 15) is 0 Å². The Hall–Kier alpha value is -0.540. The molecule has 0 aromatic carbocycles. The molecule has 3 nitrogen and oxygen atoms in total. The van der Waals surface area contributed by atoms with E-state index in [4.69, 9.17) is 11.6 Å². The van der Waals surface area contributed by atoms with Crippen LogP contribution < -0.4 is 5.32 Å². The highest BCUT2D eigenvalue weighted by atomic mass is 35.5. The fraction of sp³-hybridized carbons (Fsp3) is 0.769. The van der Waals surface area contributed by atoms with Crippen LogP contribution in [-0.4, -0.2) is 15.8 Å². The highest BCUT2D eigenvalue weighted by Gasteiger charge is 2.27. The lowest BCUT2D eigenvalue weighted by atomic mass is 10.2. The van der Waals surface area contributed by atoms with Gasteiger partial charge in [-0.3, -0.25) is 4.68 Å². The van der Waals surface area contributed by atoms with Crippen LogP contribution >= 0.6 is 11.6 Å². The van der Waals surface area contributed by atoms with Crippen molar-refractivity contribution in [2.75, 3.05) is 0 Å². The average molecular weight is 256 g/mol. The number of hydrogen-bond donors (Lipinski definition) is 1. The Morgan fingerprint density at radius 1 is 1.47 bits per heavy atom. The van der Waals surface area contributed by atoms with Gasteiger partial charge in [0.2, 0.25) is 0 Å². The van der Waals surface area contributed by atoms with Gasteiger partial charge in [0.1, 0.15) is 0 Å². The van der Waals surface area contributed by atoms with Gasteiger partial charge in [0.05, 0.1) is 16.4 Å². The SMILES string of the molecule is CCc1nn(CC)c(CNC(C)C2CC2)c1Cl. The minimum atomic E-state index is 0.594. The molecule has 1 N–H and O–H groups in total. The third kappa shape index (κ3) is 2.83. The van der Waals surface area contributed by atoms with E-state index in [1.54, 1.807) is 0 Å². The van der Waals surface area contributed by atoms with Crippen LogP contribution in [0.2, 0.25) is 5.02 Å². The first-order chi connectivity index (χ1) is 8.17. The van der Waals surface area contributed by atoms with Crippen LogP contribution in [0.4, 0.5) is 0 Å². The molecule has 0 spiro atoms. The third-order valence-electron chi connectivity index (χ3n) is 3.61. The number of rotatable bonds is 6. The van der Waals surface area contributed by atoms with Gasteiger partial charge in [0.15, 0.2) is 0 Å². The first kappa shape index (κ1) is 12.9. The van der Waals surface area contributed by atoms with Crippen molar-refractivity contribution in [2.45, 2.75) is 59.2 Å². The van der Waals surface area contributed by atoms with Crippen LogP contribution in [0.25, 0.3) is 0 Å². The summed E-state index contributed by atoms with van der Waals surface area (Å²) in [5, 5.41) is 8.95. The van der Waals surface area contributed by atoms with Crippen molar-refractivity contribution in [3.8, 4) is 0 Å². The molecule has 17 heavy (non-hydrogen) atoms. The first-order valence-corrected chi connectivity index (χ1v) is 7.02. The molecule has 0 bridgehead atoms. The van der Waals surface area contributed by atoms with Crippen molar-refractivity contribution in [2.24, 2.45) is 5.92 Å². The normalized spacial score (nSPS) is 17.4. The minimum Gasteiger partial charge on any atom is -0.308 e. The zero-order valence-electron chi connectivity index (χ0n) is 11.0. The topological polar surface area (TPSA) is 29.9 Å². The predicted molar refractivity (Wildman–Crippen MR) is 71.3 cm³/mol. The molecule has 1 aromatic heterocycles. The highest BCUT2D eigenvalue weighted by molar-refractivity contribution is 6.31. The fourth-order valence-electron chi connectivity index (χ4n) is 2.21. The molecular weight excluding hydrogens is 234 g/mol. The monoisotopic (exact) mass is 255 g/mol. The molecular formula is C13H22ClN3. The maximum Gasteiger partial charge on any atom is 0.0863 e. The van der Waals surface area contributed by atoms with E-state index in [0.717, 1.165) is 41.8 Å². The van der Waals surface area contributed by atoms with E-state index in [-0.39, 0.29) is 0 Å². The van der Waals surface area contributed by atoms with Crippen molar-refractivity contribution < 1.29 is 0 Å². The summed E-state index contributed by atoms with van der Waals surface area (Å²) in [4.78, 5) is 0. The van der Waals surface area contributed by atoms with Gasteiger partial charge >= 0.3 is 0 Å². The minimum absolute atomic E-state index is 0.594. The quantitative estimate of drug-likeness (QED) is 0.847. The van der Waals surface area contributed by atoms with E-state index in [0.29, 0.717) is 6.04 Å². The Labute approximate surface area is 109 Å². The summed E-state index contributed by atoms with van der Waals surface area (Å²) in [7, 11) is 0. The lowest BCUT2D eigenvalue weighted by Crippen LogP contribution is -2.28. The number of aryl methyl sites for hydroxylation is 2. The van der Waals surface area contributed by atoms with Crippen molar-refractivity contribution >= 4 is 11.6 Å². The Morgan fingerprint density at radius 2 is 2.18 bits per heavy atom. The van der Waals surface area contributed by atoms with Crippen LogP contribution in [0, 0.1) is 5.92 Å². The maximum absolute atomic E-state index is 6.36. The number of halogens is 1. The maximum atomic E-state index is 6.36. The summed E-state index contributed by atoms with van der Waals surface area (Å²) in [6.07, 6.45) is 3.64. The Bertz CT molecular complexity index is 382. The van der Waals surface area contributed by atoms with E-state index in [1.165, 1.54) is 12.8 Å². The van der Waals surface area contributed by atoms with Gasteiger partial charge in [0.25, 0.3) is 0 Å². The highest BCUT2D eigenvalue weighted by Crippen LogP contribution is 2.32. The van der Waals surface area contributed by atoms with Crippen molar-refractivity contribution in [1.29, 1.82) is 0 Å². The summed E-state index contributed by atoms with van der Waals surface area (Å²) in [5.41, 5.74) is 2.16. The molecule has 1 aliphatic carbocycles. The number of aromatic nitrogens is 2. The van der Waals surface area contributed by atoms with Crippen molar-refractivity contribution in [3.05, 3.63) is 16.4 Å². The second-order valence-electron chi connectivity index (χ2n) is 4.88. The second kappa shape index (κ2) is 5.40. The number of nitrogens with one attached hydrogen (secondary N) is 1. The Balaban J connectivity index is 2.04. The molecule has 1 fully saturated rings. The summed E-state index contributed by atoms with van der Waals surface area (Å²) in [6, 6.07) is 0.594. The zero-order valence-corrected chi connectivity index (χ0v) is 11.7. The summed E-state index contributed by atoms with van der Waals surface area (Å²) in [6.45, 7) is 8.18. The van der Waals surface area contributed by atoms with Crippen LogP contribution in [0.15, 0.2) is 0 Å². The van der Waals surface area contributed by atoms with E-state index >= 15 is 0 Å². The molecule has 1 aromatic rings. The Kier molecular flexibility index (Phi) is 4.10. The first-order valence-electron chi connectivity index (χ1n) is 6.64. The number of nitrogens with zero attached hydrogens (tertiary/aromatic N) is 2. The van der Waals surface area contributed by atoms with Gasteiger partial charge in [0, 0.05) is 19.1 Å². The van der Waals surface area contributed by atoms with Crippen LogP contribution in [0.3, 0.4) is 0 Å². The molecule has 0 saturated heterocycles. The molecule has 4 heteroatoms. The van der Waals surface area contributed by atoms with E-state index in [2.05, 4.69) is 31.2 Å². The molecule has 1 unspecified atom stereocenters. The number of hydrogen-bond acceptors (Lipinski definition) is 2. The van der Waals surface area contributed by atoms with Crippen molar-refractivity contribution in [1.82, 2.24) is 15.1 Å². The summed E-state index contributed by atoms with van der Waals surface area (Å²) in [5.74, 6) is 0.873. The lowest BCUT2D eigenvalue weighted by molar-refractivity contribution is 0.477. The molecule has 1 heterocycles. The van der Waals surface area contributed by atoms with Crippen LogP contribution in [0.1, 0.15) is 45.0 Å². The van der Waals surface area contributed by atoms with Gasteiger partial charge < -0.3 is 5.32 Å². The molecule has 0 aliphatic heterocycles. The van der Waals surface area contributed by atoms with Crippen molar-refractivity contribution in [3.63, 3.8) is 0 Å². The van der Waals surface area contributed by atoms with Gasteiger partial charge in [-0.25, -0.2) is 0 Å². The Morgan fingerprint density at radius 3 is 2.71 bits per heavy atom. The average Bonchev–Trinajstić information content (AvgIpc) is 3.12. The lowest BCUT2D eigenvalue weighted by Gasteiger charge is -2.13. The van der Waals surface area contributed by atoms with Crippen LogP contribution in [-0.2, 0) is 19.5 Å². The smallest absolute Gasteiger partial charge is 0.0863 e.